The Balaban J connectivity index is 1.21. The maximum absolute atomic E-state index is 12.7. The maximum Gasteiger partial charge on any atom is 0.434 e. The van der Waals surface area contributed by atoms with E-state index in [-0.39, 0.29) is 6.04 Å². The Hall–Kier alpha value is -3.12. The first kappa shape index (κ1) is 20.8. The molecule has 1 aliphatic heterocycles. The molecule has 3 atom stereocenters. The van der Waals surface area contributed by atoms with Crippen molar-refractivity contribution in [3.63, 3.8) is 0 Å². The molecule has 170 valence electrons. The molecule has 1 saturated heterocycles. The van der Waals surface area contributed by atoms with Crippen LogP contribution in [0.2, 0.25) is 0 Å². The standard InChI is InChI=1S/C19H19F5N8/c20-15(21)9-32-18-13(3-28-32)25-5-16(30-18)29-12-1-10-7-31(8-11(10)2-12)17-6-26-14(4-27-17)19(22,23)24/h3-6,10-12,15H,1-2,7-9H2,(H,29,30)/t10-,11+,12+. The number of nitrogens with one attached hydrogen (secondary N) is 1. The summed E-state index contributed by atoms with van der Waals surface area (Å²) in [7, 11) is 0. The number of rotatable bonds is 5. The largest absolute Gasteiger partial charge is 0.434 e. The summed E-state index contributed by atoms with van der Waals surface area (Å²) >= 11 is 0. The number of aromatic nitrogens is 6. The topological polar surface area (TPSA) is 84.7 Å². The van der Waals surface area contributed by atoms with Crippen molar-refractivity contribution in [2.45, 2.75) is 38.0 Å². The molecule has 0 aromatic carbocycles. The van der Waals surface area contributed by atoms with Gasteiger partial charge < -0.3 is 10.2 Å². The van der Waals surface area contributed by atoms with Gasteiger partial charge in [-0.2, -0.15) is 18.3 Å². The smallest absolute Gasteiger partial charge is 0.366 e. The molecule has 5 rings (SSSR count). The lowest BCUT2D eigenvalue weighted by Crippen LogP contribution is -2.26. The van der Waals surface area contributed by atoms with Crippen LogP contribution in [0.5, 0.6) is 0 Å². The predicted molar refractivity (Wildman–Crippen MR) is 104 cm³/mol. The van der Waals surface area contributed by atoms with Gasteiger partial charge in [-0.25, -0.2) is 33.4 Å². The minimum atomic E-state index is -4.50. The fraction of sp³-hybridized carbons (Fsp3) is 0.526. The summed E-state index contributed by atoms with van der Waals surface area (Å²) in [4.78, 5) is 18.1. The molecule has 2 fully saturated rings. The van der Waals surface area contributed by atoms with Gasteiger partial charge >= 0.3 is 6.18 Å². The highest BCUT2D eigenvalue weighted by Gasteiger charge is 2.42. The fourth-order valence-corrected chi connectivity index (χ4v) is 4.63. The molecule has 0 radical (unpaired) electrons. The van der Waals surface area contributed by atoms with Crippen molar-refractivity contribution < 1.29 is 22.0 Å². The first-order valence-electron chi connectivity index (χ1n) is 10.1. The molecule has 4 heterocycles. The van der Waals surface area contributed by atoms with Crippen LogP contribution >= 0.6 is 0 Å². The number of hydrogen-bond acceptors (Lipinski definition) is 7. The van der Waals surface area contributed by atoms with E-state index in [0.29, 0.717) is 47.7 Å². The summed E-state index contributed by atoms with van der Waals surface area (Å²) in [5.41, 5.74) is -0.244. The Kier molecular flexibility index (Phi) is 5.05. The molecule has 0 bridgehead atoms. The van der Waals surface area contributed by atoms with Crippen LogP contribution in [0.25, 0.3) is 11.2 Å². The third-order valence-electron chi connectivity index (χ3n) is 6.01. The highest BCUT2D eigenvalue weighted by Crippen LogP contribution is 2.40. The van der Waals surface area contributed by atoms with E-state index in [2.05, 4.69) is 30.4 Å². The van der Waals surface area contributed by atoms with Crippen molar-refractivity contribution in [2.75, 3.05) is 23.3 Å². The van der Waals surface area contributed by atoms with Gasteiger partial charge in [0, 0.05) is 19.1 Å². The van der Waals surface area contributed by atoms with Crippen molar-refractivity contribution in [1.29, 1.82) is 0 Å². The van der Waals surface area contributed by atoms with Crippen LogP contribution in [0.3, 0.4) is 0 Å². The van der Waals surface area contributed by atoms with Crippen molar-refractivity contribution in [3.8, 4) is 0 Å². The second kappa shape index (κ2) is 7.78. The van der Waals surface area contributed by atoms with Crippen molar-refractivity contribution >= 4 is 22.8 Å². The molecule has 8 nitrogen and oxygen atoms in total. The molecule has 0 amide bonds. The number of anilines is 2. The van der Waals surface area contributed by atoms with Gasteiger partial charge in [-0.15, -0.1) is 0 Å². The summed E-state index contributed by atoms with van der Waals surface area (Å²) in [6, 6.07) is 0.143. The van der Waals surface area contributed by atoms with Crippen LogP contribution in [-0.4, -0.2) is 55.3 Å². The van der Waals surface area contributed by atoms with Gasteiger partial charge in [0.2, 0.25) is 0 Å². The Morgan fingerprint density at radius 1 is 1.00 bits per heavy atom. The fourth-order valence-electron chi connectivity index (χ4n) is 4.63. The molecule has 0 unspecified atom stereocenters. The summed E-state index contributed by atoms with van der Waals surface area (Å²) in [5, 5.41) is 7.25. The average Bonchev–Trinajstić information content (AvgIpc) is 3.41. The number of fused-ring (bicyclic) bond motifs is 2. The second-order valence-electron chi connectivity index (χ2n) is 8.18. The quantitative estimate of drug-likeness (QED) is 0.593. The molecule has 1 aliphatic carbocycles. The minimum Gasteiger partial charge on any atom is -0.366 e. The lowest BCUT2D eigenvalue weighted by molar-refractivity contribution is -0.141. The average molecular weight is 454 g/mol. The molecule has 1 saturated carbocycles. The minimum absolute atomic E-state index is 0.143. The van der Waals surface area contributed by atoms with Crippen LogP contribution in [-0.2, 0) is 12.7 Å². The van der Waals surface area contributed by atoms with Gasteiger partial charge in [0.25, 0.3) is 6.43 Å². The van der Waals surface area contributed by atoms with Crippen molar-refractivity contribution in [1.82, 2.24) is 29.7 Å². The Morgan fingerprint density at radius 3 is 2.38 bits per heavy atom. The number of nitrogens with zero attached hydrogens (tertiary/aromatic N) is 7. The Bertz CT molecular complexity index is 1090. The first-order chi connectivity index (χ1) is 15.3. The summed E-state index contributed by atoms with van der Waals surface area (Å²) in [6.07, 6.45) is -0.426. The van der Waals surface area contributed by atoms with Crippen LogP contribution < -0.4 is 10.2 Å². The lowest BCUT2D eigenvalue weighted by atomic mass is 10.0. The van der Waals surface area contributed by atoms with E-state index in [9.17, 15) is 22.0 Å². The zero-order valence-corrected chi connectivity index (χ0v) is 16.7. The molecule has 3 aromatic heterocycles. The van der Waals surface area contributed by atoms with E-state index >= 15 is 0 Å². The van der Waals surface area contributed by atoms with Crippen LogP contribution in [0.1, 0.15) is 18.5 Å². The van der Waals surface area contributed by atoms with E-state index in [1.54, 1.807) is 6.20 Å². The lowest BCUT2D eigenvalue weighted by Gasteiger charge is -2.21. The van der Waals surface area contributed by atoms with Gasteiger partial charge in [-0.1, -0.05) is 0 Å². The molecular formula is C19H19F5N8. The SMILES string of the molecule is FC(F)Cn1ncc2ncc(N[C@H]3C[C@@H]4CN(c5cnc(C(F)(F)F)cn5)C[C@@H]4C3)nc21. The van der Waals surface area contributed by atoms with Gasteiger partial charge in [0.1, 0.15) is 23.7 Å². The van der Waals surface area contributed by atoms with Gasteiger partial charge in [-0.05, 0) is 24.7 Å². The second-order valence-corrected chi connectivity index (χ2v) is 8.18. The van der Waals surface area contributed by atoms with Crippen LogP contribution in [0, 0.1) is 11.8 Å². The van der Waals surface area contributed by atoms with Crippen molar-refractivity contribution in [2.24, 2.45) is 11.8 Å². The molecule has 32 heavy (non-hydrogen) atoms. The van der Waals surface area contributed by atoms with E-state index in [1.165, 1.54) is 12.4 Å². The van der Waals surface area contributed by atoms with Crippen LogP contribution in [0.15, 0.2) is 24.8 Å². The van der Waals surface area contributed by atoms with E-state index in [4.69, 9.17) is 0 Å². The highest BCUT2D eigenvalue weighted by atomic mass is 19.4. The third-order valence-corrected chi connectivity index (χ3v) is 6.01. The van der Waals surface area contributed by atoms with Gasteiger partial charge in [-0.3, -0.25) is 0 Å². The van der Waals surface area contributed by atoms with E-state index in [0.717, 1.165) is 23.7 Å². The van der Waals surface area contributed by atoms with Crippen molar-refractivity contribution in [3.05, 3.63) is 30.5 Å². The summed E-state index contributed by atoms with van der Waals surface area (Å²) in [6.45, 7) is 0.835. The zero-order chi connectivity index (χ0) is 22.5. The van der Waals surface area contributed by atoms with E-state index < -0.39 is 24.8 Å². The number of hydrogen-bond donors (Lipinski definition) is 1. The number of alkyl halides is 5. The van der Waals surface area contributed by atoms with E-state index in [1.807, 2.05) is 4.90 Å². The predicted octanol–water partition coefficient (Wildman–Crippen LogP) is 3.23. The van der Waals surface area contributed by atoms with Gasteiger partial charge in [0.05, 0.1) is 24.8 Å². The zero-order valence-electron chi connectivity index (χ0n) is 16.7. The monoisotopic (exact) mass is 454 g/mol. The molecule has 1 N–H and O–H groups in total. The Labute approximate surface area is 178 Å². The normalized spacial score (nSPS) is 23.3. The Morgan fingerprint density at radius 2 is 1.75 bits per heavy atom. The molecule has 3 aromatic rings. The first-order valence-corrected chi connectivity index (χ1v) is 10.1. The summed E-state index contributed by atoms with van der Waals surface area (Å²) in [5.74, 6) is 1.67. The molecular weight excluding hydrogens is 435 g/mol. The highest BCUT2D eigenvalue weighted by molar-refractivity contribution is 5.71. The molecule has 2 aliphatic rings. The number of halogens is 5. The van der Waals surface area contributed by atoms with Gasteiger partial charge in [0.15, 0.2) is 11.3 Å². The molecule has 0 spiro atoms. The maximum atomic E-state index is 12.7. The van der Waals surface area contributed by atoms with Crippen LogP contribution in [0.4, 0.5) is 33.6 Å². The summed E-state index contributed by atoms with van der Waals surface area (Å²) < 4.78 is 64.6. The molecule has 13 heteroatoms. The third kappa shape index (κ3) is 4.02.